The van der Waals surface area contributed by atoms with Gasteiger partial charge in [0.2, 0.25) is 0 Å². The number of ether oxygens (including phenoxy) is 1. The van der Waals surface area contributed by atoms with E-state index in [0.29, 0.717) is 24.1 Å². The highest BCUT2D eigenvalue weighted by Gasteiger charge is 2.29. The summed E-state index contributed by atoms with van der Waals surface area (Å²) in [7, 11) is 0. The Labute approximate surface area is 113 Å². The largest absolute Gasteiger partial charge is 0.450 e. The first kappa shape index (κ1) is 12.2. The fraction of sp³-hybridized carbons (Fsp3) is 0.417. The first-order valence-electron chi connectivity index (χ1n) is 6.13. The van der Waals surface area contributed by atoms with Gasteiger partial charge in [0.05, 0.1) is 12.3 Å². The Bertz CT molecular complexity index is 589. The molecule has 2 aromatic heterocycles. The summed E-state index contributed by atoms with van der Waals surface area (Å²) >= 11 is 1.44. The van der Waals surface area contributed by atoms with E-state index in [4.69, 9.17) is 9.26 Å². The van der Waals surface area contributed by atoms with Crippen molar-refractivity contribution in [3.63, 3.8) is 0 Å². The van der Waals surface area contributed by atoms with Crippen LogP contribution in [0.2, 0.25) is 0 Å². The Kier molecular flexibility index (Phi) is 3.20. The number of carbonyl (C=O) groups is 1. The van der Waals surface area contributed by atoms with Crippen LogP contribution in [0.15, 0.2) is 16.0 Å². The number of rotatable bonds is 4. The molecule has 2 aromatic rings. The maximum absolute atomic E-state index is 11.4. The van der Waals surface area contributed by atoms with Crippen molar-refractivity contribution in [2.45, 2.75) is 25.7 Å². The smallest absolute Gasteiger partial charge is 0.411 e. The lowest BCUT2D eigenvalue weighted by Crippen LogP contribution is -2.13. The van der Waals surface area contributed by atoms with Gasteiger partial charge in [0.15, 0.2) is 5.82 Å². The monoisotopic (exact) mass is 279 g/mol. The van der Waals surface area contributed by atoms with E-state index in [0.717, 1.165) is 23.5 Å². The molecule has 6 nitrogen and oxygen atoms in total. The Balaban J connectivity index is 1.79. The second-order valence-corrected chi connectivity index (χ2v) is 5.16. The molecule has 0 spiro atoms. The predicted octanol–water partition coefficient (Wildman–Crippen LogP) is 3.24. The van der Waals surface area contributed by atoms with Gasteiger partial charge in [0, 0.05) is 5.92 Å². The lowest BCUT2D eigenvalue weighted by molar-refractivity contribution is 0.168. The summed E-state index contributed by atoms with van der Waals surface area (Å²) in [4.78, 5) is 16.5. The highest BCUT2D eigenvalue weighted by molar-refractivity contribution is 7.14. The van der Waals surface area contributed by atoms with Crippen LogP contribution in [0, 0.1) is 0 Å². The minimum atomic E-state index is -0.482. The molecule has 1 saturated carbocycles. The van der Waals surface area contributed by atoms with Gasteiger partial charge in [-0.15, -0.1) is 11.3 Å². The summed E-state index contributed by atoms with van der Waals surface area (Å²) in [5, 5.41) is 8.49. The van der Waals surface area contributed by atoms with Crippen molar-refractivity contribution in [1.29, 1.82) is 0 Å². The van der Waals surface area contributed by atoms with Crippen LogP contribution in [-0.4, -0.2) is 22.8 Å². The summed E-state index contributed by atoms with van der Waals surface area (Å²) < 4.78 is 10.1. The Hall–Kier alpha value is -1.89. The highest BCUT2D eigenvalue weighted by atomic mass is 32.1. The minimum absolute atomic E-state index is 0.331. The quantitative estimate of drug-likeness (QED) is 0.929. The molecular formula is C12H13N3O3S. The zero-order valence-electron chi connectivity index (χ0n) is 10.4. The molecule has 1 N–H and O–H groups in total. The van der Waals surface area contributed by atoms with Gasteiger partial charge >= 0.3 is 6.09 Å². The molecular weight excluding hydrogens is 266 g/mol. The van der Waals surface area contributed by atoms with Crippen molar-refractivity contribution >= 4 is 23.1 Å². The van der Waals surface area contributed by atoms with Crippen LogP contribution in [0.5, 0.6) is 0 Å². The molecule has 1 aliphatic rings. The van der Waals surface area contributed by atoms with Crippen LogP contribution >= 0.6 is 11.3 Å². The normalized spacial score (nSPS) is 14.4. The van der Waals surface area contributed by atoms with Crippen molar-refractivity contribution < 1.29 is 14.1 Å². The molecule has 0 aromatic carbocycles. The number of hydrogen-bond donors (Lipinski definition) is 1. The number of hydrogen-bond acceptors (Lipinski definition) is 6. The van der Waals surface area contributed by atoms with Gasteiger partial charge in [-0.2, -0.15) is 4.98 Å². The van der Waals surface area contributed by atoms with Crippen LogP contribution in [0.4, 0.5) is 10.5 Å². The molecule has 0 radical (unpaired) electrons. The van der Waals surface area contributed by atoms with Gasteiger partial charge in [-0.25, -0.2) is 4.79 Å². The topological polar surface area (TPSA) is 77.2 Å². The molecule has 0 unspecified atom stereocenters. The molecule has 100 valence electrons. The van der Waals surface area contributed by atoms with Crippen LogP contribution in [-0.2, 0) is 4.74 Å². The maximum Gasteiger partial charge on any atom is 0.411 e. The number of nitrogens with one attached hydrogen (secondary N) is 1. The molecule has 0 saturated heterocycles. The third-order valence-corrected chi connectivity index (χ3v) is 3.66. The second-order valence-electron chi connectivity index (χ2n) is 4.24. The van der Waals surface area contributed by atoms with E-state index >= 15 is 0 Å². The van der Waals surface area contributed by atoms with Gasteiger partial charge in [-0.3, -0.25) is 5.32 Å². The van der Waals surface area contributed by atoms with Crippen molar-refractivity contribution in [2.75, 3.05) is 11.9 Å². The second kappa shape index (κ2) is 5.00. The molecule has 2 heterocycles. The van der Waals surface area contributed by atoms with Crippen molar-refractivity contribution in [3.8, 4) is 10.8 Å². The van der Waals surface area contributed by atoms with E-state index in [1.54, 1.807) is 13.0 Å². The maximum atomic E-state index is 11.4. The molecule has 0 aliphatic heterocycles. The van der Waals surface area contributed by atoms with Gasteiger partial charge in [-0.1, -0.05) is 5.16 Å². The third-order valence-electron chi connectivity index (χ3n) is 2.76. The van der Waals surface area contributed by atoms with Crippen LogP contribution in [0.25, 0.3) is 10.8 Å². The SMILES string of the molecule is CCOC(=O)Nc1ccsc1-c1nc(C2CC2)no1. The molecule has 0 atom stereocenters. The van der Waals surface area contributed by atoms with Crippen LogP contribution in [0.1, 0.15) is 31.5 Å². The molecule has 1 aliphatic carbocycles. The molecule has 0 bridgehead atoms. The first-order valence-corrected chi connectivity index (χ1v) is 7.01. The van der Waals surface area contributed by atoms with E-state index in [9.17, 15) is 4.79 Å². The Morgan fingerprint density at radius 3 is 3.21 bits per heavy atom. The average molecular weight is 279 g/mol. The van der Waals surface area contributed by atoms with Gasteiger partial charge in [-0.05, 0) is 31.2 Å². The average Bonchev–Trinajstić information content (AvgIpc) is 2.95. The zero-order valence-corrected chi connectivity index (χ0v) is 11.2. The first-order chi connectivity index (χ1) is 9.28. The Morgan fingerprint density at radius 2 is 2.47 bits per heavy atom. The zero-order chi connectivity index (χ0) is 13.2. The lowest BCUT2D eigenvalue weighted by Gasteiger charge is -2.03. The van der Waals surface area contributed by atoms with Crippen molar-refractivity contribution in [1.82, 2.24) is 10.1 Å². The standard InChI is InChI=1S/C12H13N3O3S/c1-2-17-12(16)13-8-5-6-19-9(8)11-14-10(15-18-11)7-3-4-7/h5-7H,2-4H2,1H3,(H,13,16). The summed E-state index contributed by atoms with van der Waals surface area (Å²) in [6.07, 6.45) is 1.76. The summed E-state index contributed by atoms with van der Waals surface area (Å²) in [5.74, 6) is 1.65. The number of aromatic nitrogens is 2. The Morgan fingerprint density at radius 1 is 1.63 bits per heavy atom. The van der Waals surface area contributed by atoms with Crippen LogP contribution < -0.4 is 5.32 Å². The van der Waals surface area contributed by atoms with Gasteiger partial charge < -0.3 is 9.26 Å². The number of thiophene rings is 1. The van der Waals surface area contributed by atoms with Crippen molar-refractivity contribution in [2.24, 2.45) is 0 Å². The summed E-state index contributed by atoms with van der Waals surface area (Å²) in [5.41, 5.74) is 0.634. The summed E-state index contributed by atoms with van der Waals surface area (Å²) in [6, 6.07) is 1.79. The number of amides is 1. The summed E-state index contributed by atoms with van der Waals surface area (Å²) in [6.45, 7) is 2.09. The predicted molar refractivity (Wildman–Crippen MR) is 70.2 cm³/mol. The van der Waals surface area contributed by atoms with E-state index in [2.05, 4.69) is 15.5 Å². The van der Waals surface area contributed by atoms with Gasteiger partial charge in [0.25, 0.3) is 5.89 Å². The van der Waals surface area contributed by atoms with E-state index in [1.807, 2.05) is 5.38 Å². The van der Waals surface area contributed by atoms with Crippen molar-refractivity contribution in [3.05, 3.63) is 17.3 Å². The van der Waals surface area contributed by atoms with E-state index < -0.39 is 6.09 Å². The lowest BCUT2D eigenvalue weighted by atomic mass is 10.3. The van der Waals surface area contributed by atoms with Crippen LogP contribution in [0.3, 0.4) is 0 Å². The number of anilines is 1. The molecule has 3 rings (SSSR count). The van der Waals surface area contributed by atoms with E-state index in [-0.39, 0.29) is 0 Å². The molecule has 19 heavy (non-hydrogen) atoms. The number of carbonyl (C=O) groups excluding carboxylic acids is 1. The third kappa shape index (κ3) is 2.60. The molecule has 7 heteroatoms. The fourth-order valence-electron chi connectivity index (χ4n) is 1.68. The molecule has 1 fully saturated rings. The van der Waals surface area contributed by atoms with E-state index in [1.165, 1.54) is 11.3 Å². The fourth-order valence-corrected chi connectivity index (χ4v) is 2.45. The number of nitrogens with zero attached hydrogens (tertiary/aromatic N) is 2. The highest BCUT2D eigenvalue weighted by Crippen LogP contribution is 2.40. The van der Waals surface area contributed by atoms with Gasteiger partial charge in [0.1, 0.15) is 4.88 Å². The minimum Gasteiger partial charge on any atom is -0.450 e. The molecule has 1 amide bonds.